The summed E-state index contributed by atoms with van der Waals surface area (Å²) in [4.78, 5) is 11.2. The van der Waals surface area contributed by atoms with Crippen molar-refractivity contribution in [1.82, 2.24) is 9.78 Å². The zero-order chi connectivity index (χ0) is 12.3. The minimum absolute atomic E-state index is 0.223. The first-order valence-corrected chi connectivity index (χ1v) is 5.19. The van der Waals surface area contributed by atoms with Crippen LogP contribution >= 0.6 is 11.6 Å². The summed E-state index contributed by atoms with van der Waals surface area (Å²) in [6.45, 7) is -0.489. The highest BCUT2D eigenvalue weighted by Gasteiger charge is 2.02. The SMILES string of the molecule is O=c1ccc(Oc2ccc(Cl)cc2)nn1CO. The molecule has 2 aromatic rings. The van der Waals surface area contributed by atoms with Gasteiger partial charge in [0.1, 0.15) is 12.5 Å². The topological polar surface area (TPSA) is 64.3 Å². The molecule has 0 bridgehead atoms. The molecule has 0 aliphatic carbocycles. The number of aromatic nitrogens is 2. The van der Waals surface area contributed by atoms with E-state index >= 15 is 0 Å². The van der Waals surface area contributed by atoms with Crippen LogP contribution in [0.4, 0.5) is 0 Å². The van der Waals surface area contributed by atoms with Gasteiger partial charge in [-0.3, -0.25) is 4.79 Å². The van der Waals surface area contributed by atoms with Crippen molar-refractivity contribution >= 4 is 11.6 Å². The highest BCUT2D eigenvalue weighted by molar-refractivity contribution is 6.30. The summed E-state index contributed by atoms with van der Waals surface area (Å²) in [7, 11) is 0. The first-order chi connectivity index (χ1) is 8.19. The van der Waals surface area contributed by atoms with Gasteiger partial charge in [-0.1, -0.05) is 11.6 Å². The number of hydrogen-bond donors (Lipinski definition) is 1. The maximum absolute atomic E-state index is 11.2. The first kappa shape index (κ1) is 11.6. The normalized spacial score (nSPS) is 10.2. The van der Waals surface area contributed by atoms with Gasteiger partial charge in [0, 0.05) is 17.2 Å². The van der Waals surface area contributed by atoms with Crippen LogP contribution in [0.1, 0.15) is 0 Å². The van der Waals surface area contributed by atoms with Crippen LogP contribution in [0.15, 0.2) is 41.2 Å². The van der Waals surface area contributed by atoms with Gasteiger partial charge in [0.25, 0.3) is 5.56 Å². The van der Waals surface area contributed by atoms with Crippen LogP contribution in [-0.2, 0) is 6.73 Å². The zero-order valence-corrected chi connectivity index (χ0v) is 9.46. The van der Waals surface area contributed by atoms with E-state index in [2.05, 4.69) is 5.10 Å². The third-order valence-corrected chi connectivity index (χ3v) is 2.26. The van der Waals surface area contributed by atoms with Gasteiger partial charge in [0.15, 0.2) is 0 Å². The summed E-state index contributed by atoms with van der Waals surface area (Å²) in [5, 5.41) is 13.3. The first-order valence-electron chi connectivity index (χ1n) is 4.81. The van der Waals surface area contributed by atoms with Gasteiger partial charge >= 0.3 is 0 Å². The quantitative estimate of drug-likeness (QED) is 0.902. The third kappa shape index (κ3) is 2.83. The Morgan fingerprint density at radius 1 is 1.24 bits per heavy atom. The molecule has 17 heavy (non-hydrogen) atoms. The summed E-state index contributed by atoms with van der Waals surface area (Å²) < 4.78 is 6.28. The zero-order valence-electron chi connectivity index (χ0n) is 8.71. The molecule has 0 atom stereocenters. The highest BCUT2D eigenvalue weighted by atomic mass is 35.5. The molecular weight excluding hydrogens is 244 g/mol. The summed E-state index contributed by atoms with van der Waals surface area (Å²) in [6.07, 6.45) is 0. The highest BCUT2D eigenvalue weighted by Crippen LogP contribution is 2.20. The van der Waals surface area contributed by atoms with Crippen molar-refractivity contribution in [3.8, 4) is 11.6 Å². The molecule has 88 valence electrons. The second-order valence-corrected chi connectivity index (χ2v) is 3.64. The van der Waals surface area contributed by atoms with E-state index in [1.165, 1.54) is 12.1 Å². The van der Waals surface area contributed by atoms with Gasteiger partial charge < -0.3 is 9.84 Å². The molecule has 1 heterocycles. The van der Waals surface area contributed by atoms with Crippen LogP contribution in [0.25, 0.3) is 0 Å². The van der Waals surface area contributed by atoms with Crippen LogP contribution in [0.3, 0.4) is 0 Å². The fourth-order valence-electron chi connectivity index (χ4n) is 1.21. The maximum atomic E-state index is 11.2. The van der Waals surface area contributed by atoms with E-state index in [0.29, 0.717) is 10.8 Å². The molecule has 0 amide bonds. The summed E-state index contributed by atoms with van der Waals surface area (Å²) in [6, 6.07) is 9.42. The monoisotopic (exact) mass is 252 g/mol. The lowest BCUT2D eigenvalue weighted by Crippen LogP contribution is -2.21. The standard InChI is InChI=1S/C11H9ClN2O3/c12-8-1-3-9(4-2-8)17-10-5-6-11(16)14(7-15)13-10/h1-6,15H,7H2. The molecule has 0 spiro atoms. The Kier molecular flexibility index (Phi) is 3.41. The molecule has 1 aromatic carbocycles. The maximum Gasteiger partial charge on any atom is 0.269 e. The average Bonchev–Trinajstić information content (AvgIpc) is 2.34. The molecule has 1 N–H and O–H groups in total. The lowest BCUT2D eigenvalue weighted by Gasteiger charge is -2.06. The van der Waals surface area contributed by atoms with Gasteiger partial charge in [-0.05, 0) is 24.3 Å². The van der Waals surface area contributed by atoms with Gasteiger partial charge in [-0.2, -0.15) is 0 Å². The number of halogens is 1. The van der Waals surface area contributed by atoms with Crippen molar-refractivity contribution in [3.63, 3.8) is 0 Å². The van der Waals surface area contributed by atoms with Crippen molar-refractivity contribution in [1.29, 1.82) is 0 Å². The second-order valence-electron chi connectivity index (χ2n) is 3.21. The van der Waals surface area contributed by atoms with Crippen LogP contribution in [-0.4, -0.2) is 14.9 Å². The molecule has 0 aliphatic heterocycles. The Balaban J connectivity index is 2.24. The molecular formula is C11H9ClN2O3. The van der Waals surface area contributed by atoms with Crippen molar-refractivity contribution in [2.45, 2.75) is 6.73 Å². The molecule has 1 aromatic heterocycles. The van der Waals surface area contributed by atoms with Crippen molar-refractivity contribution in [3.05, 3.63) is 51.8 Å². The fraction of sp³-hybridized carbons (Fsp3) is 0.0909. The van der Waals surface area contributed by atoms with E-state index in [1.807, 2.05) is 0 Å². The molecule has 0 aliphatic rings. The summed E-state index contributed by atoms with van der Waals surface area (Å²) in [5.41, 5.74) is -0.393. The number of aliphatic hydroxyl groups excluding tert-OH is 1. The number of rotatable bonds is 3. The van der Waals surface area contributed by atoms with E-state index in [9.17, 15) is 4.79 Å². The van der Waals surface area contributed by atoms with Gasteiger partial charge in [-0.25, -0.2) is 4.68 Å². The van der Waals surface area contributed by atoms with Crippen molar-refractivity contribution < 1.29 is 9.84 Å². The lowest BCUT2D eigenvalue weighted by molar-refractivity contribution is 0.185. The Labute approximate surface area is 102 Å². The Morgan fingerprint density at radius 3 is 2.59 bits per heavy atom. The van der Waals surface area contributed by atoms with Gasteiger partial charge in [0.05, 0.1) is 0 Å². The van der Waals surface area contributed by atoms with E-state index in [1.54, 1.807) is 24.3 Å². The number of ether oxygens (including phenoxy) is 1. The minimum atomic E-state index is -0.489. The minimum Gasteiger partial charge on any atom is -0.438 e. The lowest BCUT2D eigenvalue weighted by atomic mass is 10.3. The molecule has 0 unspecified atom stereocenters. The molecule has 0 radical (unpaired) electrons. The molecule has 0 saturated carbocycles. The number of hydrogen-bond acceptors (Lipinski definition) is 4. The Morgan fingerprint density at radius 2 is 1.94 bits per heavy atom. The van der Waals surface area contributed by atoms with Crippen LogP contribution in [0.5, 0.6) is 11.6 Å². The van der Waals surface area contributed by atoms with Crippen molar-refractivity contribution in [2.75, 3.05) is 0 Å². The third-order valence-electron chi connectivity index (χ3n) is 2.01. The summed E-state index contributed by atoms with van der Waals surface area (Å²) in [5.74, 6) is 0.769. The van der Waals surface area contributed by atoms with Crippen molar-refractivity contribution in [2.24, 2.45) is 0 Å². The van der Waals surface area contributed by atoms with Crippen LogP contribution in [0, 0.1) is 0 Å². The average molecular weight is 253 g/mol. The van der Waals surface area contributed by atoms with E-state index in [-0.39, 0.29) is 5.88 Å². The Bertz CT molecular complexity index is 566. The van der Waals surface area contributed by atoms with E-state index in [0.717, 1.165) is 4.68 Å². The Hall–Kier alpha value is -1.85. The predicted octanol–water partition coefficient (Wildman–Crippen LogP) is 1.64. The smallest absolute Gasteiger partial charge is 0.269 e. The fourth-order valence-corrected chi connectivity index (χ4v) is 1.34. The molecule has 0 fully saturated rings. The molecule has 0 saturated heterocycles. The molecule has 6 heteroatoms. The number of aliphatic hydroxyl groups is 1. The predicted molar refractivity (Wildman–Crippen MR) is 62.2 cm³/mol. The number of benzene rings is 1. The van der Waals surface area contributed by atoms with E-state index < -0.39 is 12.3 Å². The second kappa shape index (κ2) is 4.99. The van der Waals surface area contributed by atoms with Crippen LogP contribution in [0.2, 0.25) is 5.02 Å². The van der Waals surface area contributed by atoms with Crippen LogP contribution < -0.4 is 10.3 Å². The molecule has 5 nitrogen and oxygen atoms in total. The van der Waals surface area contributed by atoms with Gasteiger partial charge in [0.2, 0.25) is 5.88 Å². The van der Waals surface area contributed by atoms with E-state index in [4.69, 9.17) is 21.4 Å². The number of nitrogens with zero attached hydrogens (tertiary/aromatic N) is 2. The molecule has 2 rings (SSSR count). The summed E-state index contributed by atoms with van der Waals surface area (Å²) >= 11 is 5.73. The van der Waals surface area contributed by atoms with Gasteiger partial charge in [-0.15, -0.1) is 5.10 Å². The largest absolute Gasteiger partial charge is 0.438 e.